The van der Waals surface area contributed by atoms with Crippen molar-refractivity contribution in [1.82, 2.24) is 5.43 Å². The first-order valence-electron chi connectivity index (χ1n) is 7.65. The fourth-order valence-corrected chi connectivity index (χ4v) is 2.42. The number of hydrazone groups is 1. The lowest BCUT2D eigenvalue weighted by molar-refractivity contribution is -0.123. The molecule has 0 bridgehead atoms. The summed E-state index contributed by atoms with van der Waals surface area (Å²) in [4.78, 5) is 11.8. The van der Waals surface area contributed by atoms with Gasteiger partial charge in [-0.2, -0.15) is 5.10 Å². The van der Waals surface area contributed by atoms with E-state index in [2.05, 4.69) is 16.6 Å². The Hall–Kier alpha value is -2.33. The standard InChI is InChI=1S/C19H21ClN2O2/c1-12-5-6-16(13(2)7-12)10-21-22-18(23)11-24-17-8-14(3)19(20)15(4)9-17/h5-10H,11H2,1-4H3,(H,22,23)/b21-10+. The van der Waals surface area contributed by atoms with Gasteiger partial charge >= 0.3 is 0 Å². The summed E-state index contributed by atoms with van der Waals surface area (Å²) in [7, 11) is 0. The second kappa shape index (κ2) is 7.97. The van der Waals surface area contributed by atoms with Crippen LogP contribution >= 0.6 is 11.6 Å². The molecule has 0 spiro atoms. The molecule has 0 saturated heterocycles. The van der Waals surface area contributed by atoms with Gasteiger partial charge in [0.2, 0.25) is 0 Å². The zero-order chi connectivity index (χ0) is 17.7. The molecule has 2 aromatic rings. The number of benzene rings is 2. The predicted octanol–water partition coefficient (Wildman–Crippen LogP) is 4.10. The minimum absolute atomic E-state index is 0.106. The quantitative estimate of drug-likeness (QED) is 0.655. The fourth-order valence-electron chi connectivity index (χ4n) is 2.31. The first-order valence-corrected chi connectivity index (χ1v) is 8.03. The molecule has 1 N–H and O–H groups in total. The molecule has 2 aromatic carbocycles. The van der Waals surface area contributed by atoms with Gasteiger partial charge in [-0.1, -0.05) is 35.4 Å². The Morgan fingerprint density at radius 1 is 1.12 bits per heavy atom. The molecule has 126 valence electrons. The van der Waals surface area contributed by atoms with Gasteiger partial charge in [0.15, 0.2) is 6.61 Å². The molecule has 2 rings (SSSR count). The van der Waals surface area contributed by atoms with E-state index in [0.717, 1.165) is 22.3 Å². The maximum atomic E-state index is 11.8. The van der Waals surface area contributed by atoms with Crippen molar-refractivity contribution in [2.45, 2.75) is 27.7 Å². The van der Waals surface area contributed by atoms with Gasteiger partial charge in [0, 0.05) is 5.02 Å². The lowest BCUT2D eigenvalue weighted by Gasteiger charge is -2.09. The maximum absolute atomic E-state index is 11.8. The molecule has 0 aliphatic rings. The van der Waals surface area contributed by atoms with Crippen LogP contribution in [0.2, 0.25) is 5.02 Å². The summed E-state index contributed by atoms with van der Waals surface area (Å²) in [6.07, 6.45) is 1.63. The Bertz CT molecular complexity index is 762. The molecule has 0 aliphatic carbocycles. The number of hydrogen-bond acceptors (Lipinski definition) is 3. The average molecular weight is 345 g/mol. The van der Waals surface area contributed by atoms with Crippen molar-refractivity contribution in [3.8, 4) is 5.75 Å². The molecular weight excluding hydrogens is 324 g/mol. The molecule has 4 nitrogen and oxygen atoms in total. The number of amides is 1. The molecule has 0 aromatic heterocycles. The Labute approximate surface area is 147 Å². The van der Waals surface area contributed by atoms with Crippen LogP contribution in [-0.4, -0.2) is 18.7 Å². The van der Waals surface area contributed by atoms with E-state index in [1.165, 1.54) is 5.56 Å². The van der Waals surface area contributed by atoms with Gasteiger partial charge < -0.3 is 4.74 Å². The summed E-state index contributed by atoms with van der Waals surface area (Å²) < 4.78 is 5.48. The number of halogens is 1. The van der Waals surface area contributed by atoms with E-state index in [4.69, 9.17) is 16.3 Å². The zero-order valence-electron chi connectivity index (χ0n) is 14.3. The van der Waals surface area contributed by atoms with Crippen molar-refractivity contribution < 1.29 is 9.53 Å². The predicted molar refractivity (Wildman–Crippen MR) is 98.1 cm³/mol. The number of nitrogens with zero attached hydrogens (tertiary/aromatic N) is 1. The molecule has 0 heterocycles. The highest BCUT2D eigenvalue weighted by atomic mass is 35.5. The first-order chi connectivity index (χ1) is 11.4. The molecule has 5 heteroatoms. The van der Waals surface area contributed by atoms with Gasteiger partial charge in [0.05, 0.1) is 6.21 Å². The number of aryl methyl sites for hydroxylation is 4. The monoisotopic (exact) mass is 344 g/mol. The third kappa shape index (κ3) is 4.83. The summed E-state index contributed by atoms with van der Waals surface area (Å²) in [5.74, 6) is 0.296. The van der Waals surface area contributed by atoms with E-state index in [1.807, 2.05) is 52.0 Å². The summed E-state index contributed by atoms with van der Waals surface area (Å²) in [6, 6.07) is 9.65. The number of carbonyl (C=O) groups is 1. The summed E-state index contributed by atoms with van der Waals surface area (Å²) in [5, 5.41) is 4.68. The van der Waals surface area contributed by atoms with E-state index >= 15 is 0 Å². The second-order valence-corrected chi connectivity index (χ2v) is 6.19. The van der Waals surface area contributed by atoms with Crippen LogP contribution in [0, 0.1) is 27.7 Å². The van der Waals surface area contributed by atoms with Crippen molar-refractivity contribution in [2.24, 2.45) is 5.10 Å². The molecular formula is C19H21ClN2O2. The second-order valence-electron chi connectivity index (χ2n) is 5.81. The Balaban J connectivity index is 1.88. The number of nitrogens with one attached hydrogen (secondary N) is 1. The SMILES string of the molecule is Cc1ccc(/C=N/NC(=O)COc2cc(C)c(Cl)c(C)c2)c(C)c1. The third-order valence-corrected chi connectivity index (χ3v) is 4.19. The van der Waals surface area contributed by atoms with E-state index < -0.39 is 0 Å². The van der Waals surface area contributed by atoms with E-state index in [9.17, 15) is 4.79 Å². The van der Waals surface area contributed by atoms with Gasteiger partial charge in [0.1, 0.15) is 5.75 Å². The average Bonchev–Trinajstić information content (AvgIpc) is 2.52. The van der Waals surface area contributed by atoms with Gasteiger partial charge in [-0.3, -0.25) is 4.79 Å². The highest BCUT2D eigenvalue weighted by Gasteiger charge is 2.06. The molecule has 1 amide bonds. The normalized spacial score (nSPS) is 10.9. The summed E-state index contributed by atoms with van der Waals surface area (Å²) in [6.45, 7) is 7.73. The molecule has 24 heavy (non-hydrogen) atoms. The largest absolute Gasteiger partial charge is 0.484 e. The number of carbonyl (C=O) groups excluding carboxylic acids is 1. The molecule has 0 saturated carbocycles. The van der Waals surface area contributed by atoms with Crippen LogP contribution in [-0.2, 0) is 4.79 Å². The first kappa shape index (κ1) is 18.0. The van der Waals surface area contributed by atoms with E-state index in [-0.39, 0.29) is 12.5 Å². The van der Waals surface area contributed by atoms with Gasteiger partial charge in [0.25, 0.3) is 5.91 Å². The van der Waals surface area contributed by atoms with Gasteiger partial charge in [-0.15, -0.1) is 0 Å². The highest BCUT2D eigenvalue weighted by Crippen LogP contribution is 2.25. The van der Waals surface area contributed by atoms with Crippen LogP contribution in [0.4, 0.5) is 0 Å². The van der Waals surface area contributed by atoms with Crippen molar-refractivity contribution in [1.29, 1.82) is 0 Å². The van der Waals surface area contributed by atoms with Gasteiger partial charge in [-0.05, 0) is 62.1 Å². The van der Waals surface area contributed by atoms with Crippen molar-refractivity contribution in [2.75, 3.05) is 6.61 Å². The van der Waals surface area contributed by atoms with Crippen LogP contribution in [0.3, 0.4) is 0 Å². The van der Waals surface area contributed by atoms with Gasteiger partial charge in [-0.25, -0.2) is 5.43 Å². The van der Waals surface area contributed by atoms with Crippen LogP contribution in [0.25, 0.3) is 0 Å². The minimum Gasteiger partial charge on any atom is -0.484 e. The lowest BCUT2D eigenvalue weighted by Crippen LogP contribution is -2.24. The number of rotatable bonds is 5. The smallest absolute Gasteiger partial charge is 0.277 e. The summed E-state index contributed by atoms with van der Waals surface area (Å²) in [5.41, 5.74) is 7.56. The Kier molecular flexibility index (Phi) is 5.99. The fraction of sp³-hybridized carbons (Fsp3) is 0.263. The Morgan fingerprint density at radius 3 is 2.42 bits per heavy atom. The molecule has 0 atom stereocenters. The third-order valence-electron chi connectivity index (χ3n) is 3.60. The van der Waals surface area contributed by atoms with Crippen LogP contribution in [0.5, 0.6) is 5.75 Å². The zero-order valence-corrected chi connectivity index (χ0v) is 15.1. The Morgan fingerprint density at radius 2 is 1.79 bits per heavy atom. The molecule has 0 aliphatic heterocycles. The van der Waals surface area contributed by atoms with Crippen LogP contribution in [0.1, 0.15) is 27.8 Å². The molecule has 0 unspecified atom stereocenters. The van der Waals surface area contributed by atoms with E-state index in [1.54, 1.807) is 6.21 Å². The maximum Gasteiger partial charge on any atom is 0.277 e. The van der Waals surface area contributed by atoms with Crippen molar-refractivity contribution >= 4 is 23.7 Å². The molecule has 0 fully saturated rings. The highest BCUT2D eigenvalue weighted by molar-refractivity contribution is 6.32. The van der Waals surface area contributed by atoms with Crippen molar-refractivity contribution in [3.63, 3.8) is 0 Å². The minimum atomic E-state index is -0.318. The van der Waals surface area contributed by atoms with E-state index in [0.29, 0.717) is 10.8 Å². The van der Waals surface area contributed by atoms with Crippen LogP contribution < -0.4 is 10.2 Å². The van der Waals surface area contributed by atoms with Crippen LogP contribution in [0.15, 0.2) is 35.4 Å². The number of ether oxygens (including phenoxy) is 1. The van der Waals surface area contributed by atoms with Crippen molar-refractivity contribution in [3.05, 3.63) is 63.2 Å². The topological polar surface area (TPSA) is 50.7 Å². The molecule has 0 radical (unpaired) electrons. The summed E-state index contributed by atoms with van der Waals surface area (Å²) >= 11 is 6.11. The lowest BCUT2D eigenvalue weighted by atomic mass is 10.1. The number of hydrogen-bond donors (Lipinski definition) is 1.